The number of hydrogen-bond acceptors (Lipinski definition) is 5. The molecule has 0 spiro atoms. The van der Waals surface area contributed by atoms with Gasteiger partial charge in [0.1, 0.15) is 18.9 Å². The van der Waals surface area contributed by atoms with Crippen LogP contribution in [0.5, 0.6) is 5.75 Å². The average Bonchev–Trinajstić information content (AvgIpc) is 3.15. The number of cyclic esters (lactones) is 1. The van der Waals surface area contributed by atoms with Crippen LogP contribution >= 0.6 is 0 Å². The number of likely N-dealkylation sites (N-methyl/N-ethyl adjacent to an activating group) is 1. The summed E-state index contributed by atoms with van der Waals surface area (Å²) in [6, 6.07) is 8.25. The van der Waals surface area contributed by atoms with Gasteiger partial charge in [0.25, 0.3) is 0 Å². The molecule has 1 aromatic rings. The molecule has 2 fully saturated rings. The minimum atomic E-state index is -0.379. The molecule has 1 aromatic carbocycles. The molecule has 2 aliphatic heterocycles. The molecule has 0 N–H and O–H groups in total. The molecule has 0 unspecified atom stereocenters. The van der Waals surface area contributed by atoms with Gasteiger partial charge in [0.15, 0.2) is 0 Å². The molecule has 1 atom stereocenters. The van der Waals surface area contributed by atoms with Crippen LogP contribution < -0.4 is 4.74 Å². The molecule has 2 saturated heterocycles. The van der Waals surface area contributed by atoms with Crippen LogP contribution in [-0.4, -0.2) is 86.2 Å². The minimum Gasteiger partial charge on any atom is -0.497 e. The van der Waals surface area contributed by atoms with Gasteiger partial charge >= 0.3 is 6.09 Å². The summed E-state index contributed by atoms with van der Waals surface area (Å²) >= 11 is 0. The summed E-state index contributed by atoms with van der Waals surface area (Å²) in [5.74, 6) is 1.39. The van der Waals surface area contributed by atoms with E-state index in [-0.39, 0.29) is 18.5 Å². The van der Waals surface area contributed by atoms with Gasteiger partial charge in [0.2, 0.25) is 5.91 Å². The Morgan fingerprint density at radius 3 is 2.93 bits per heavy atom. The first-order valence-electron chi connectivity index (χ1n) is 10.6. The highest BCUT2D eigenvalue weighted by Gasteiger charge is 2.28. The van der Waals surface area contributed by atoms with Crippen molar-refractivity contribution in [2.75, 3.05) is 59.5 Å². The number of likely N-dealkylation sites (tertiary alicyclic amines) is 1. The molecule has 0 saturated carbocycles. The number of carbonyl (C=O) groups is 2. The van der Waals surface area contributed by atoms with Crippen LogP contribution in [0.3, 0.4) is 0 Å². The fourth-order valence-corrected chi connectivity index (χ4v) is 4.17. The number of ether oxygens (including phenoxy) is 2. The van der Waals surface area contributed by atoms with Crippen LogP contribution in [0.1, 0.15) is 25.3 Å². The van der Waals surface area contributed by atoms with E-state index in [9.17, 15) is 9.59 Å². The van der Waals surface area contributed by atoms with E-state index in [0.717, 1.165) is 51.2 Å². The van der Waals surface area contributed by atoms with Crippen LogP contribution in [0.25, 0.3) is 0 Å². The second-order valence-corrected chi connectivity index (χ2v) is 7.88. The van der Waals surface area contributed by atoms with E-state index in [0.29, 0.717) is 25.6 Å². The van der Waals surface area contributed by atoms with E-state index in [2.05, 4.69) is 17.0 Å². The zero-order valence-corrected chi connectivity index (χ0v) is 17.6. The summed E-state index contributed by atoms with van der Waals surface area (Å²) in [6.07, 6.45) is 2.92. The van der Waals surface area contributed by atoms with Crippen molar-refractivity contribution in [3.63, 3.8) is 0 Å². The quantitative estimate of drug-likeness (QED) is 0.633. The lowest BCUT2D eigenvalue weighted by Crippen LogP contribution is -2.46. The average molecular weight is 404 g/mol. The molecule has 29 heavy (non-hydrogen) atoms. The Morgan fingerprint density at radius 1 is 1.34 bits per heavy atom. The molecule has 0 bridgehead atoms. The van der Waals surface area contributed by atoms with E-state index in [1.807, 2.05) is 24.0 Å². The molecule has 160 valence electrons. The number of rotatable bonds is 9. The Balaban J connectivity index is 1.47. The number of nitrogens with zero attached hydrogens (tertiary/aromatic N) is 3. The van der Waals surface area contributed by atoms with E-state index >= 15 is 0 Å². The number of carbonyl (C=O) groups excluding carboxylic acids is 2. The topological polar surface area (TPSA) is 62.3 Å². The number of amides is 2. The van der Waals surface area contributed by atoms with Crippen LogP contribution in [0.2, 0.25) is 0 Å². The maximum Gasteiger partial charge on any atom is 0.410 e. The molecule has 7 heteroatoms. The summed E-state index contributed by atoms with van der Waals surface area (Å²) in [5.41, 5.74) is 1.29. The van der Waals surface area contributed by atoms with Crippen molar-refractivity contribution in [3.8, 4) is 5.75 Å². The van der Waals surface area contributed by atoms with Crippen molar-refractivity contribution in [1.82, 2.24) is 14.7 Å². The molecular formula is C22H33N3O4. The lowest BCUT2D eigenvalue weighted by atomic mass is 9.96. The fourth-order valence-electron chi connectivity index (χ4n) is 4.17. The third kappa shape index (κ3) is 6.10. The second kappa shape index (κ2) is 10.5. The summed E-state index contributed by atoms with van der Waals surface area (Å²) in [7, 11) is 1.70. The molecule has 2 aliphatic rings. The Bertz CT molecular complexity index is 696. The van der Waals surface area contributed by atoms with Crippen molar-refractivity contribution in [3.05, 3.63) is 29.8 Å². The summed E-state index contributed by atoms with van der Waals surface area (Å²) in [4.78, 5) is 30.1. The highest BCUT2D eigenvalue weighted by atomic mass is 16.6. The number of benzene rings is 1. The van der Waals surface area contributed by atoms with Gasteiger partial charge in [-0.05, 0) is 56.3 Å². The Morgan fingerprint density at radius 2 is 2.21 bits per heavy atom. The van der Waals surface area contributed by atoms with Crippen molar-refractivity contribution >= 4 is 12.0 Å². The van der Waals surface area contributed by atoms with Gasteiger partial charge in [-0.25, -0.2) is 4.79 Å². The first kappa shape index (κ1) is 21.4. The Labute approximate surface area is 173 Å². The zero-order chi connectivity index (χ0) is 20.6. The second-order valence-electron chi connectivity index (χ2n) is 7.88. The van der Waals surface area contributed by atoms with Gasteiger partial charge in [0.05, 0.1) is 13.7 Å². The predicted molar refractivity (Wildman–Crippen MR) is 111 cm³/mol. The Kier molecular flexibility index (Phi) is 7.75. The van der Waals surface area contributed by atoms with Crippen molar-refractivity contribution < 1.29 is 19.1 Å². The molecule has 2 heterocycles. The van der Waals surface area contributed by atoms with Crippen molar-refractivity contribution in [2.24, 2.45) is 5.92 Å². The maximum absolute atomic E-state index is 12.7. The SMILES string of the molecule is CCN(C[C@H]1CCCN(CCc2cccc(OC)c2)C1)C(=O)CN1CCOC1=O. The number of hydrogen-bond donors (Lipinski definition) is 0. The van der Waals surface area contributed by atoms with Crippen LogP contribution in [0, 0.1) is 5.92 Å². The largest absolute Gasteiger partial charge is 0.497 e. The van der Waals surface area contributed by atoms with E-state index in [1.165, 1.54) is 10.5 Å². The molecule has 0 aliphatic carbocycles. The molecule has 7 nitrogen and oxygen atoms in total. The van der Waals surface area contributed by atoms with Gasteiger partial charge in [-0.1, -0.05) is 12.1 Å². The first-order chi connectivity index (χ1) is 14.1. The number of methoxy groups -OCH3 is 1. The highest BCUT2D eigenvalue weighted by molar-refractivity contribution is 5.82. The highest BCUT2D eigenvalue weighted by Crippen LogP contribution is 2.19. The molecule has 0 radical (unpaired) electrons. The normalized spacial score (nSPS) is 19.9. The Hall–Kier alpha value is -2.28. The van der Waals surface area contributed by atoms with Crippen LogP contribution in [0.15, 0.2) is 24.3 Å². The first-order valence-corrected chi connectivity index (χ1v) is 10.6. The minimum absolute atomic E-state index is 0.0138. The maximum atomic E-state index is 12.7. The van der Waals surface area contributed by atoms with E-state index in [4.69, 9.17) is 9.47 Å². The third-order valence-corrected chi connectivity index (χ3v) is 5.84. The zero-order valence-electron chi connectivity index (χ0n) is 17.6. The van der Waals surface area contributed by atoms with Crippen molar-refractivity contribution in [1.29, 1.82) is 0 Å². The molecular weight excluding hydrogens is 370 g/mol. The number of piperidine rings is 1. The van der Waals surface area contributed by atoms with Gasteiger partial charge in [-0.15, -0.1) is 0 Å². The van der Waals surface area contributed by atoms with E-state index in [1.54, 1.807) is 7.11 Å². The van der Waals surface area contributed by atoms with Gasteiger partial charge in [0, 0.05) is 26.2 Å². The molecule has 2 amide bonds. The van der Waals surface area contributed by atoms with Crippen molar-refractivity contribution in [2.45, 2.75) is 26.2 Å². The molecule has 3 rings (SSSR count). The molecule has 0 aromatic heterocycles. The third-order valence-electron chi connectivity index (χ3n) is 5.84. The van der Waals surface area contributed by atoms with Gasteiger partial charge in [-0.2, -0.15) is 0 Å². The van der Waals surface area contributed by atoms with Crippen LogP contribution in [0.4, 0.5) is 4.79 Å². The lowest BCUT2D eigenvalue weighted by Gasteiger charge is -2.35. The van der Waals surface area contributed by atoms with Crippen LogP contribution in [-0.2, 0) is 16.0 Å². The summed E-state index contributed by atoms with van der Waals surface area (Å²) in [5, 5.41) is 0. The van der Waals surface area contributed by atoms with Gasteiger partial charge < -0.3 is 19.3 Å². The standard InChI is InChI=1S/C22H33N3O4/c1-3-24(21(26)17-25-12-13-29-22(25)27)16-19-7-5-10-23(15-19)11-9-18-6-4-8-20(14-18)28-2/h4,6,8,14,19H,3,5,7,9-13,15-17H2,1-2H3/t19-/m0/s1. The summed E-state index contributed by atoms with van der Waals surface area (Å²) in [6.45, 7) is 7.58. The predicted octanol–water partition coefficient (Wildman–Crippen LogP) is 2.25. The summed E-state index contributed by atoms with van der Waals surface area (Å²) < 4.78 is 10.2. The fraction of sp³-hybridized carbons (Fsp3) is 0.636. The van der Waals surface area contributed by atoms with E-state index < -0.39 is 0 Å². The lowest BCUT2D eigenvalue weighted by molar-refractivity contribution is -0.132. The van der Waals surface area contributed by atoms with Gasteiger partial charge in [-0.3, -0.25) is 9.69 Å². The monoisotopic (exact) mass is 403 g/mol. The smallest absolute Gasteiger partial charge is 0.410 e.